The van der Waals surface area contributed by atoms with E-state index >= 15 is 0 Å². The summed E-state index contributed by atoms with van der Waals surface area (Å²) in [6.45, 7) is 5.36. The Balaban J connectivity index is 1.63. The number of fused-ring (bicyclic) bond motifs is 1. The first kappa shape index (κ1) is 22.7. The van der Waals surface area contributed by atoms with Crippen molar-refractivity contribution in [3.05, 3.63) is 71.3 Å². The Bertz CT molecular complexity index is 1380. The molecular weight excluding hydrogens is 436 g/mol. The molecule has 0 aliphatic rings. The molecular formula is C24H24N6O4. The van der Waals surface area contributed by atoms with Crippen LogP contribution in [0.2, 0.25) is 0 Å². The molecule has 0 fully saturated rings. The van der Waals surface area contributed by atoms with Gasteiger partial charge in [-0.05, 0) is 69.3 Å². The van der Waals surface area contributed by atoms with Gasteiger partial charge in [0, 0.05) is 11.4 Å². The van der Waals surface area contributed by atoms with E-state index in [1.54, 1.807) is 58.3 Å². The van der Waals surface area contributed by atoms with Crippen LogP contribution in [0.15, 0.2) is 65.7 Å². The molecule has 0 spiro atoms. The fourth-order valence-corrected chi connectivity index (χ4v) is 3.14. The zero-order chi connectivity index (χ0) is 24.3. The van der Waals surface area contributed by atoms with Crippen molar-refractivity contribution in [3.63, 3.8) is 0 Å². The van der Waals surface area contributed by atoms with Crippen molar-refractivity contribution < 1.29 is 14.3 Å². The maximum absolute atomic E-state index is 12.7. The molecule has 0 atom stereocenters. The molecule has 0 bridgehead atoms. The summed E-state index contributed by atoms with van der Waals surface area (Å²) in [5, 5.41) is 5.78. The Morgan fingerprint density at radius 2 is 1.62 bits per heavy atom. The molecule has 2 aromatic carbocycles. The molecule has 0 unspecified atom stereocenters. The average molecular weight is 460 g/mol. The van der Waals surface area contributed by atoms with Crippen LogP contribution in [0.4, 0.5) is 22.1 Å². The number of benzene rings is 2. The lowest BCUT2D eigenvalue weighted by molar-refractivity contribution is 0.0636. The van der Waals surface area contributed by atoms with Gasteiger partial charge in [-0.25, -0.2) is 14.8 Å². The number of carbonyl (C=O) groups excluding carboxylic acids is 1. The summed E-state index contributed by atoms with van der Waals surface area (Å²) in [6.07, 6.45) is 2.20. The third kappa shape index (κ3) is 5.29. The Labute approximate surface area is 195 Å². The van der Waals surface area contributed by atoms with Gasteiger partial charge in [-0.3, -0.25) is 14.7 Å². The number of rotatable bonds is 5. The quantitative estimate of drug-likeness (QED) is 0.453. The van der Waals surface area contributed by atoms with Gasteiger partial charge in [-0.1, -0.05) is 0 Å². The van der Waals surface area contributed by atoms with Crippen molar-refractivity contribution in [3.8, 4) is 11.4 Å². The van der Waals surface area contributed by atoms with Crippen molar-refractivity contribution in [2.45, 2.75) is 26.4 Å². The van der Waals surface area contributed by atoms with E-state index in [1.807, 2.05) is 24.3 Å². The third-order valence-electron chi connectivity index (χ3n) is 4.61. The number of nitrogens with zero attached hydrogens (tertiary/aromatic N) is 4. The lowest BCUT2D eigenvalue weighted by Gasteiger charge is -2.19. The summed E-state index contributed by atoms with van der Waals surface area (Å²) < 4.78 is 11.9. The summed E-state index contributed by atoms with van der Waals surface area (Å²) in [5.41, 5.74) is 1.68. The summed E-state index contributed by atoms with van der Waals surface area (Å²) >= 11 is 0. The summed E-state index contributed by atoms with van der Waals surface area (Å²) in [4.78, 5) is 37.7. The van der Waals surface area contributed by atoms with Crippen LogP contribution in [0.25, 0.3) is 16.9 Å². The van der Waals surface area contributed by atoms with E-state index < -0.39 is 11.7 Å². The van der Waals surface area contributed by atoms with Gasteiger partial charge in [-0.2, -0.15) is 4.98 Å². The van der Waals surface area contributed by atoms with Crippen LogP contribution in [-0.4, -0.2) is 38.3 Å². The molecule has 0 radical (unpaired) electrons. The molecule has 10 nitrogen and oxygen atoms in total. The number of carbonyl (C=O) groups is 1. The first-order chi connectivity index (χ1) is 16.2. The zero-order valence-corrected chi connectivity index (χ0v) is 19.2. The minimum absolute atomic E-state index is 0.307. The van der Waals surface area contributed by atoms with Gasteiger partial charge in [0.05, 0.1) is 25.2 Å². The fraction of sp³-hybridized carbons (Fsp3) is 0.208. The number of methoxy groups -OCH3 is 1. The number of amides is 1. The lowest BCUT2D eigenvalue weighted by atomic mass is 10.2. The van der Waals surface area contributed by atoms with E-state index in [1.165, 1.54) is 10.8 Å². The summed E-state index contributed by atoms with van der Waals surface area (Å²) in [6, 6.07) is 14.0. The van der Waals surface area contributed by atoms with Crippen LogP contribution >= 0.6 is 0 Å². The highest BCUT2D eigenvalue weighted by Crippen LogP contribution is 2.20. The number of anilines is 3. The fourth-order valence-electron chi connectivity index (χ4n) is 3.14. The van der Waals surface area contributed by atoms with E-state index in [2.05, 4.69) is 25.6 Å². The molecule has 1 amide bonds. The largest absolute Gasteiger partial charge is 0.497 e. The van der Waals surface area contributed by atoms with Gasteiger partial charge in [0.1, 0.15) is 16.9 Å². The maximum atomic E-state index is 12.7. The van der Waals surface area contributed by atoms with E-state index in [-0.39, 0.29) is 5.56 Å². The van der Waals surface area contributed by atoms with Gasteiger partial charge in [-0.15, -0.1) is 0 Å². The number of nitrogens with one attached hydrogen (secondary N) is 2. The van der Waals surface area contributed by atoms with Crippen molar-refractivity contribution in [1.29, 1.82) is 0 Å². The first-order valence-electron chi connectivity index (χ1n) is 10.5. The predicted octanol–water partition coefficient (Wildman–Crippen LogP) is 4.27. The van der Waals surface area contributed by atoms with E-state index in [9.17, 15) is 9.59 Å². The van der Waals surface area contributed by atoms with Crippen LogP contribution in [-0.2, 0) is 4.74 Å². The Kier molecular flexibility index (Phi) is 6.13. The number of hydrogen-bond acceptors (Lipinski definition) is 8. The summed E-state index contributed by atoms with van der Waals surface area (Å²) in [7, 11) is 1.60. The van der Waals surface area contributed by atoms with Gasteiger partial charge in [0.2, 0.25) is 5.95 Å². The minimum Gasteiger partial charge on any atom is -0.497 e. The van der Waals surface area contributed by atoms with E-state index in [4.69, 9.17) is 9.47 Å². The normalized spacial score (nSPS) is 11.2. The summed E-state index contributed by atoms with van der Waals surface area (Å²) in [5.74, 6) is 1.04. The lowest BCUT2D eigenvalue weighted by Crippen LogP contribution is -2.27. The van der Waals surface area contributed by atoms with Crippen molar-refractivity contribution in [1.82, 2.24) is 19.5 Å². The highest BCUT2D eigenvalue weighted by molar-refractivity contribution is 5.85. The van der Waals surface area contributed by atoms with E-state index in [0.29, 0.717) is 28.5 Å². The van der Waals surface area contributed by atoms with Crippen LogP contribution in [0.3, 0.4) is 0 Å². The van der Waals surface area contributed by atoms with Crippen molar-refractivity contribution in [2.75, 3.05) is 17.7 Å². The number of hydrogen-bond donors (Lipinski definition) is 2. The zero-order valence-electron chi connectivity index (χ0n) is 19.2. The highest BCUT2D eigenvalue weighted by atomic mass is 16.6. The van der Waals surface area contributed by atoms with Gasteiger partial charge in [0.25, 0.3) is 5.56 Å². The molecule has 2 N–H and O–H groups in total. The molecule has 2 aromatic heterocycles. The molecule has 0 saturated heterocycles. The van der Waals surface area contributed by atoms with Gasteiger partial charge < -0.3 is 14.8 Å². The first-order valence-corrected chi connectivity index (χ1v) is 10.5. The van der Waals surface area contributed by atoms with Gasteiger partial charge in [0.15, 0.2) is 5.65 Å². The van der Waals surface area contributed by atoms with Crippen molar-refractivity contribution in [2.24, 2.45) is 0 Å². The topological polar surface area (TPSA) is 120 Å². The highest BCUT2D eigenvalue weighted by Gasteiger charge is 2.16. The molecule has 174 valence electrons. The smallest absolute Gasteiger partial charge is 0.412 e. The van der Waals surface area contributed by atoms with E-state index in [0.717, 1.165) is 11.4 Å². The molecule has 2 heterocycles. The van der Waals surface area contributed by atoms with Crippen LogP contribution in [0.5, 0.6) is 5.75 Å². The maximum Gasteiger partial charge on any atom is 0.412 e. The SMILES string of the molecule is COc1ccc(Nc2ncc3ncc(=O)n(-c4ccc(NC(=O)OC(C)(C)C)cc4)c3n2)cc1. The molecule has 34 heavy (non-hydrogen) atoms. The predicted molar refractivity (Wildman–Crippen MR) is 129 cm³/mol. The number of aromatic nitrogens is 4. The molecule has 10 heteroatoms. The van der Waals surface area contributed by atoms with Crippen LogP contribution in [0.1, 0.15) is 20.8 Å². The number of ether oxygens (including phenoxy) is 2. The van der Waals surface area contributed by atoms with Crippen LogP contribution in [0, 0.1) is 0 Å². The Hall–Kier alpha value is -4.47. The molecule has 4 rings (SSSR count). The van der Waals surface area contributed by atoms with Crippen molar-refractivity contribution >= 4 is 34.6 Å². The minimum atomic E-state index is -0.607. The Morgan fingerprint density at radius 1 is 0.941 bits per heavy atom. The average Bonchev–Trinajstić information content (AvgIpc) is 2.79. The Morgan fingerprint density at radius 3 is 2.26 bits per heavy atom. The second-order valence-corrected chi connectivity index (χ2v) is 8.36. The standard InChI is InChI=1S/C24H24N6O4/c1-24(2,3)34-23(32)28-16-5-9-17(10-6-16)30-20(31)14-25-19-13-26-22(29-21(19)30)27-15-7-11-18(33-4)12-8-15/h5-14H,1-4H3,(H,28,32)(H,26,27,29). The van der Waals surface area contributed by atoms with Crippen LogP contribution < -0.4 is 20.9 Å². The molecule has 0 saturated carbocycles. The van der Waals surface area contributed by atoms with Gasteiger partial charge >= 0.3 is 6.09 Å². The third-order valence-corrected chi connectivity index (χ3v) is 4.61. The second-order valence-electron chi connectivity index (χ2n) is 8.36. The molecule has 0 aliphatic carbocycles. The molecule has 0 aliphatic heterocycles. The second kappa shape index (κ2) is 9.18. The monoisotopic (exact) mass is 460 g/mol. The molecule has 4 aromatic rings.